The van der Waals surface area contributed by atoms with Gasteiger partial charge in [0.25, 0.3) is 5.91 Å². The SMILES string of the molecule is COc1cc(Nc2nc(C)cc(C(=O)NC(C)(C)C)n2)c(OC)cc1Cl. The van der Waals surface area contributed by atoms with Crippen molar-refractivity contribution in [3.8, 4) is 11.5 Å². The van der Waals surface area contributed by atoms with Crippen LogP contribution in [0.3, 0.4) is 0 Å². The lowest BCUT2D eigenvalue weighted by molar-refractivity contribution is 0.0914. The largest absolute Gasteiger partial charge is 0.495 e. The number of aromatic nitrogens is 2. The van der Waals surface area contributed by atoms with Gasteiger partial charge in [0, 0.05) is 23.4 Å². The van der Waals surface area contributed by atoms with E-state index < -0.39 is 0 Å². The second-order valence-electron chi connectivity index (χ2n) is 6.73. The lowest BCUT2D eigenvalue weighted by Crippen LogP contribution is -2.41. The van der Waals surface area contributed by atoms with Gasteiger partial charge >= 0.3 is 0 Å². The molecule has 2 rings (SSSR count). The maximum absolute atomic E-state index is 12.4. The lowest BCUT2D eigenvalue weighted by atomic mass is 10.1. The Labute approximate surface area is 158 Å². The molecule has 0 aliphatic carbocycles. The number of hydrogen-bond donors (Lipinski definition) is 2. The van der Waals surface area contributed by atoms with E-state index in [1.807, 2.05) is 20.8 Å². The summed E-state index contributed by atoms with van der Waals surface area (Å²) < 4.78 is 10.6. The van der Waals surface area contributed by atoms with Gasteiger partial charge in [0.2, 0.25) is 5.95 Å². The van der Waals surface area contributed by atoms with E-state index in [0.717, 1.165) is 0 Å². The maximum atomic E-state index is 12.4. The molecule has 1 amide bonds. The summed E-state index contributed by atoms with van der Waals surface area (Å²) in [4.78, 5) is 21.0. The van der Waals surface area contributed by atoms with Gasteiger partial charge in [-0.05, 0) is 33.8 Å². The van der Waals surface area contributed by atoms with E-state index in [4.69, 9.17) is 21.1 Å². The summed E-state index contributed by atoms with van der Waals surface area (Å²) in [6.45, 7) is 7.51. The third-order valence-corrected chi connectivity index (χ3v) is 3.59. The van der Waals surface area contributed by atoms with Gasteiger partial charge in [-0.15, -0.1) is 0 Å². The predicted octanol–water partition coefficient (Wildman–Crippen LogP) is 3.73. The van der Waals surface area contributed by atoms with E-state index in [9.17, 15) is 4.79 Å². The molecule has 0 unspecified atom stereocenters. The fourth-order valence-corrected chi connectivity index (χ4v) is 2.45. The quantitative estimate of drug-likeness (QED) is 0.824. The Balaban J connectivity index is 2.37. The minimum Gasteiger partial charge on any atom is -0.495 e. The fourth-order valence-electron chi connectivity index (χ4n) is 2.22. The number of aryl methyl sites for hydroxylation is 1. The molecule has 0 atom stereocenters. The minimum atomic E-state index is -0.365. The monoisotopic (exact) mass is 378 g/mol. The van der Waals surface area contributed by atoms with Gasteiger partial charge in [-0.2, -0.15) is 0 Å². The van der Waals surface area contributed by atoms with E-state index in [1.54, 1.807) is 25.1 Å². The zero-order chi connectivity index (χ0) is 19.5. The van der Waals surface area contributed by atoms with E-state index >= 15 is 0 Å². The number of carbonyl (C=O) groups excluding carboxylic acids is 1. The van der Waals surface area contributed by atoms with Gasteiger partial charge in [0.1, 0.15) is 17.2 Å². The third-order valence-electron chi connectivity index (χ3n) is 3.30. The van der Waals surface area contributed by atoms with Crippen molar-refractivity contribution >= 4 is 29.1 Å². The Bertz CT molecular complexity index is 819. The Morgan fingerprint density at radius 2 is 1.73 bits per heavy atom. The smallest absolute Gasteiger partial charge is 0.270 e. The van der Waals surface area contributed by atoms with Crippen LogP contribution < -0.4 is 20.1 Å². The van der Waals surface area contributed by atoms with E-state index in [-0.39, 0.29) is 23.1 Å². The number of rotatable bonds is 5. The first kappa shape index (κ1) is 19.8. The summed E-state index contributed by atoms with van der Waals surface area (Å²) >= 11 is 6.12. The Morgan fingerprint density at radius 1 is 1.08 bits per heavy atom. The number of benzene rings is 1. The van der Waals surface area contributed by atoms with Crippen LogP contribution in [0.15, 0.2) is 18.2 Å². The number of halogens is 1. The van der Waals surface area contributed by atoms with Gasteiger partial charge in [0.05, 0.1) is 24.9 Å². The average Bonchev–Trinajstić information content (AvgIpc) is 2.54. The molecule has 1 aromatic heterocycles. The van der Waals surface area contributed by atoms with Crippen molar-refractivity contribution in [1.82, 2.24) is 15.3 Å². The number of anilines is 2. The van der Waals surface area contributed by atoms with Crippen LogP contribution >= 0.6 is 11.6 Å². The van der Waals surface area contributed by atoms with Crippen LogP contribution in [0, 0.1) is 6.92 Å². The van der Waals surface area contributed by atoms with E-state index in [2.05, 4.69) is 20.6 Å². The first-order chi connectivity index (χ1) is 12.1. The van der Waals surface area contributed by atoms with E-state index in [0.29, 0.717) is 27.9 Å². The number of nitrogens with zero attached hydrogens (tertiary/aromatic N) is 2. The molecule has 0 fully saturated rings. The van der Waals surface area contributed by atoms with Crippen molar-refractivity contribution in [3.05, 3.63) is 34.6 Å². The molecule has 8 heteroatoms. The maximum Gasteiger partial charge on any atom is 0.270 e. The summed E-state index contributed by atoms with van der Waals surface area (Å²) in [6, 6.07) is 4.94. The van der Waals surface area contributed by atoms with Crippen LogP contribution in [0.25, 0.3) is 0 Å². The summed E-state index contributed by atoms with van der Waals surface area (Å²) in [7, 11) is 3.05. The number of methoxy groups -OCH3 is 2. The zero-order valence-electron chi connectivity index (χ0n) is 15.7. The van der Waals surface area contributed by atoms with Crippen LogP contribution in [-0.2, 0) is 0 Å². The van der Waals surface area contributed by atoms with Crippen LogP contribution in [0.5, 0.6) is 11.5 Å². The normalized spacial score (nSPS) is 11.0. The number of ether oxygens (including phenoxy) is 2. The standard InChI is InChI=1S/C18H23ClN4O3/c1-10-7-13(16(24)23-18(2,3)4)22-17(20-10)21-12-9-14(25-5)11(19)8-15(12)26-6/h7-9H,1-6H3,(H,23,24)(H,20,21,22). The Kier molecular flexibility index (Phi) is 5.92. The Hall–Kier alpha value is -2.54. The summed E-state index contributed by atoms with van der Waals surface area (Å²) in [5, 5.41) is 6.36. The van der Waals surface area contributed by atoms with Crippen molar-refractivity contribution < 1.29 is 14.3 Å². The number of amides is 1. The summed E-state index contributed by atoms with van der Waals surface area (Å²) in [5.74, 6) is 0.980. The zero-order valence-corrected chi connectivity index (χ0v) is 16.5. The van der Waals surface area contributed by atoms with Crippen molar-refractivity contribution in [3.63, 3.8) is 0 Å². The molecule has 0 bridgehead atoms. The van der Waals surface area contributed by atoms with Gasteiger partial charge in [-0.1, -0.05) is 11.6 Å². The molecule has 140 valence electrons. The summed E-state index contributed by atoms with van der Waals surface area (Å²) in [6.07, 6.45) is 0. The number of nitrogens with one attached hydrogen (secondary N) is 2. The molecule has 2 aromatic rings. The topological polar surface area (TPSA) is 85.4 Å². The van der Waals surface area contributed by atoms with Crippen LogP contribution in [0.4, 0.5) is 11.6 Å². The highest BCUT2D eigenvalue weighted by Crippen LogP contribution is 2.36. The highest BCUT2D eigenvalue weighted by molar-refractivity contribution is 6.32. The molecule has 0 spiro atoms. The van der Waals surface area contributed by atoms with Gasteiger partial charge in [0.15, 0.2) is 0 Å². The van der Waals surface area contributed by atoms with Crippen LogP contribution in [0.2, 0.25) is 5.02 Å². The fraction of sp³-hybridized carbons (Fsp3) is 0.389. The molecule has 1 heterocycles. The molecular formula is C18H23ClN4O3. The second-order valence-corrected chi connectivity index (χ2v) is 7.14. The van der Waals surface area contributed by atoms with Crippen LogP contribution in [-0.4, -0.2) is 35.6 Å². The van der Waals surface area contributed by atoms with Crippen molar-refractivity contribution in [2.45, 2.75) is 33.2 Å². The first-order valence-corrected chi connectivity index (χ1v) is 8.37. The molecule has 0 aliphatic rings. The summed E-state index contributed by atoms with van der Waals surface area (Å²) in [5.41, 5.74) is 1.13. The highest BCUT2D eigenvalue weighted by Gasteiger charge is 2.18. The van der Waals surface area contributed by atoms with Gasteiger partial charge in [-0.25, -0.2) is 9.97 Å². The average molecular weight is 379 g/mol. The van der Waals surface area contributed by atoms with E-state index in [1.165, 1.54) is 14.2 Å². The van der Waals surface area contributed by atoms with Gasteiger partial charge in [-0.3, -0.25) is 4.79 Å². The molecule has 0 radical (unpaired) electrons. The molecule has 0 aliphatic heterocycles. The second kappa shape index (κ2) is 7.78. The molecule has 0 saturated heterocycles. The van der Waals surface area contributed by atoms with Crippen molar-refractivity contribution in [2.75, 3.05) is 19.5 Å². The molecule has 26 heavy (non-hydrogen) atoms. The number of carbonyl (C=O) groups is 1. The molecule has 1 aromatic carbocycles. The van der Waals surface area contributed by atoms with Crippen LogP contribution in [0.1, 0.15) is 37.0 Å². The van der Waals surface area contributed by atoms with Crippen molar-refractivity contribution in [1.29, 1.82) is 0 Å². The molecule has 7 nitrogen and oxygen atoms in total. The number of hydrogen-bond acceptors (Lipinski definition) is 6. The molecular weight excluding hydrogens is 356 g/mol. The molecule has 0 saturated carbocycles. The lowest BCUT2D eigenvalue weighted by Gasteiger charge is -2.20. The minimum absolute atomic E-state index is 0.270. The third kappa shape index (κ3) is 4.98. The first-order valence-electron chi connectivity index (χ1n) is 7.99. The van der Waals surface area contributed by atoms with Crippen molar-refractivity contribution in [2.24, 2.45) is 0 Å². The molecule has 2 N–H and O–H groups in total. The Morgan fingerprint density at radius 3 is 2.31 bits per heavy atom. The highest BCUT2D eigenvalue weighted by atomic mass is 35.5. The predicted molar refractivity (Wildman–Crippen MR) is 102 cm³/mol. The van der Waals surface area contributed by atoms with Gasteiger partial charge < -0.3 is 20.1 Å².